The van der Waals surface area contributed by atoms with Crippen molar-refractivity contribution >= 4 is 23.6 Å². The Morgan fingerprint density at radius 2 is 2.28 bits per heavy atom. The molecule has 7 heteroatoms. The van der Waals surface area contributed by atoms with Gasteiger partial charge in [-0.1, -0.05) is 0 Å². The van der Waals surface area contributed by atoms with Crippen molar-refractivity contribution in [3.63, 3.8) is 0 Å². The summed E-state index contributed by atoms with van der Waals surface area (Å²) < 4.78 is 1.49. The van der Waals surface area contributed by atoms with Crippen LogP contribution in [0.3, 0.4) is 0 Å². The smallest absolute Gasteiger partial charge is 0.326 e. The minimum Gasteiger partial charge on any atom is -0.480 e. The van der Waals surface area contributed by atoms with E-state index in [1.807, 2.05) is 6.26 Å². The van der Waals surface area contributed by atoms with E-state index in [-0.39, 0.29) is 5.91 Å². The molecule has 1 rings (SSSR count). The summed E-state index contributed by atoms with van der Waals surface area (Å²) in [5, 5.41) is 15.5. The maximum Gasteiger partial charge on any atom is 0.326 e. The molecule has 0 aliphatic rings. The summed E-state index contributed by atoms with van der Waals surface area (Å²) >= 11 is 1.55. The van der Waals surface area contributed by atoms with Gasteiger partial charge < -0.3 is 10.4 Å². The number of amides is 1. The minimum atomic E-state index is -1.01. The highest BCUT2D eigenvalue weighted by atomic mass is 32.2. The van der Waals surface area contributed by atoms with Gasteiger partial charge in [-0.05, 0) is 31.4 Å². The van der Waals surface area contributed by atoms with Gasteiger partial charge in [0.15, 0.2) is 0 Å². The van der Waals surface area contributed by atoms with Gasteiger partial charge in [-0.2, -0.15) is 16.9 Å². The quantitative estimate of drug-likeness (QED) is 0.765. The SMILES string of the molecule is CSCC[C@H](NC(=O)C(C)n1cccn1)C(=O)O. The van der Waals surface area contributed by atoms with Gasteiger partial charge in [0.2, 0.25) is 5.91 Å². The van der Waals surface area contributed by atoms with Gasteiger partial charge in [0, 0.05) is 12.4 Å². The van der Waals surface area contributed by atoms with Crippen molar-refractivity contribution in [2.75, 3.05) is 12.0 Å². The second-order valence-electron chi connectivity index (χ2n) is 3.84. The van der Waals surface area contributed by atoms with E-state index >= 15 is 0 Å². The highest BCUT2D eigenvalue weighted by Gasteiger charge is 2.23. The highest BCUT2D eigenvalue weighted by Crippen LogP contribution is 2.06. The van der Waals surface area contributed by atoms with Crippen molar-refractivity contribution in [1.29, 1.82) is 0 Å². The normalized spacial score (nSPS) is 13.9. The number of rotatable bonds is 7. The Morgan fingerprint density at radius 1 is 1.56 bits per heavy atom. The predicted molar refractivity (Wildman–Crippen MR) is 69.5 cm³/mol. The third-order valence-corrected chi connectivity index (χ3v) is 3.17. The lowest BCUT2D eigenvalue weighted by Crippen LogP contribution is -2.44. The topological polar surface area (TPSA) is 84.2 Å². The number of nitrogens with zero attached hydrogens (tertiary/aromatic N) is 2. The Labute approximate surface area is 110 Å². The van der Waals surface area contributed by atoms with Gasteiger partial charge >= 0.3 is 5.97 Å². The Balaban J connectivity index is 2.58. The summed E-state index contributed by atoms with van der Waals surface area (Å²) in [6.07, 6.45) is 5.55. The number of carboxylic acids is 1. The zero-order valence-electron chi connectivity index (χ0n) is 10.4. The summed E-state index contributed by atoms with van der Waals surface area (Å²) in [6, 6.07) is 0.353. The van der Waals surface area contributed by atoms with Crippen molar-refractivity contribution in [3.8, 4) is 0 Å². The van der Waals surface area contributed by atoms with Crippen LogP contribution in [0.25, 0.3) is 0 Å². The molecule has 0 saturated heterocycles. The Bertz CT molecular complexity index is 394. The van der Waals surface area contributed by atoms with Crippen LogP contribution < -0.4 is 5.32 Å². The number of aliphatic carboxylic acids is 1. The molecule has 6 nitrogen and oxygen atoms in total. The fraction of sp³-hybridized carbons (Fsp3) is 0.545. The molecule has 1 aromatic heterocycles. The zero-order chi connectivity index (χ0) is 13.5. The number of carbonyl (C=O) groups excluding carboxylic acids is 1. The Morgan fingerprint density at radius 3 is 2.78 bits per heavy atom. The van der Waals surface area contributed by atoms with Crippen molar-refractivity contribution in [2.24, 2.45) is 0 Å². The minimum absolute atomic E-state index is 0.341. The molecule has 0 aromatic carbocycles. The molecule has 100 valence electrons. The first kappa shape index (κ1) is 14.6. The third kappa shape index (κ3) is 4.06. The van der Waals surface area contributed by atoms with Crippen LogP contribution in [0.1, 0.15) is 19.4 Å². The first-order chi connectivity index (χ1) is 8.56. The maximum atomic E-state index is 11.9. The summed E-state index contributed by atoms with van der Waals surface area (Å²) in [6.45, 7) is 1.68. The lowest BCUT2D eigenvalue weighted by atomic mass is 10.2. The van der Waals surface area contributed by atoms with Crippen LogP contribution in [0.5, 0.6) is 0 Å². The highest BCUT2D eigenvalue weighted by molar-refractivity contribution is 7.98. The molecule has 1 heterocycles. The molecule has 0 spiro atoms. The summed E-state index contributed by atoms with van der Waals surface area (Å²) in [5.74, 6) is -0.662. The lowest BCUT2D eigenvalue weighted by molar-refractivity contribution is -0.142. The van der Waals surface area contributed by atoms with Gasteiger partial charge in [0.1, 0.15) is 12.1 Å². The second kappa shape index (κ2) is 7.05. The lowest BCUT2D eigenvalue weighted by Gasteiger charge is -2.17. The van der Waals surface area contributed by atoms with Gasteiger partial charge in [-0.3, -0.25) is 9.48 Å². The number of nitrogens with one attached hydrogen (secondary N) is 1. The van der Waals surface area contributed by atoms with Crippen molar-refractivity contribution in [3.05, 3.63) is 18.5 Å². The third-order valence-electron chi connectivity index (χ3n) is 2.53. The van der Waals surface area contributed by atoms with Gasteiger partial charge in [-0.15, -0.1) is 0 Å². The van der Waals surface area contributed by atoms with Crippen LogP contribution in [0.4, 0.5) is 0 Å². The summed E-state index contributed by atoms with van der Waals surface area (Å²) in [4.78, 5) is 22.9. The Kier molecular flexibility index (Phi) is 5.70. The molecule has 0 bridgehead atoms. The number of carboxylic acid groups (broad SMARTS) is 1. The molecular weight excluding hydrogens is 254 g/mol. The van der Waals surface area contributed by atoms with Crippen molar-refractivity contribution in [1.82, 2.24) is 15.1 Å². The van der Waals surface area contributed by atoms with E-state index in [1.165, 1.54) is 4.68 Å². The van der Waals surface area contributed by atoms with E-state index in [1.54, 1.807) is 37.1 Å². The largest absolute Gasteiger partial charge is 0.480 e. The average molecular weight is 271 g/mol. The first-order valence-electron chi connectivity index (χ1n) is 5.57. The molecule has 18 heavy (non-hydrogen) atoms. The van der Waals surface area contributed by atoms with E-state index in [0.717, 1.165) is 0 Å². The zero-order valence-corrected chi connectivity index (χ0v) is 11.2. The Hall–Kier alpha value is -1.50. The molecule has 0 aliphatic heterocycles. The summed E-state index contributed by atoms with van der Waals surface area (Å²) in [5.41, 5.74) is 0. The number of hydrogen-bond donors (Lipinski definition) is 2. The van der Waals surface area contributed by atoms with Crippen molar-refractivity contribution < 1.29 is 14.7 Å². The maximum absolute atomic E-state index is 11.9. The molecule has 2 atom stereocenters. The first-order valence-corrected chi connectivity index (χ1v) is 6.97. The molecule has 2 N–H and O–H groups in total. The van der Waals surface area contributed by atoms with Crippen LogP contribution in [0.2, 0.25) is 0 Å². The molecule has 0 radical (unpaired) electrons. The molecule has 0 fully saturated rings. The van der Waals surface area contributed by atoms with Gasteiger partial charge in [0.05, 0.1) is 0 Å². The van der Waals surface area contributed by atoms with E-state index < -0.39 is 18.1 Å². The molecular formula is C11H17N3O3S. The van der Waals surface area contributed by atoms with Gasteiger partial charge in [-0.25, -0.2) is 4.79 Å². The molecule has 1 unspecified atom stereocenters. The number of hydrogen-bond acceptors (Lipinski definition) is 4. The van der Waals surface area contributed by atoms with Crippen LogP contribution in [0.15, 0.2) is 18.5 Å². The van der Waals surface area contributed by atoms with Crippen LogP contribution >= 0.6 is 11.8 Å². The van der Waals surface area contributed by atoms with E-state index in [4.69, 9.17) is 5.11 Å². The molecule has 0 aliphatic carbocycles. The monoisotopic (exact) mass is 271 g/mol. The molecule has 1 amide bonds. The van der Waals surface area contributed by atoms with Crippen LogP contribution in [-0.4, -0.2) is 44.8 Å². The predicted octanol–water partition coefficient (Wildman–Crippen LogP) is 0.767. The van der Waals surface area contributed by atoms with E-state index in [0.29, 0.717) is 12.2 Å². The second-order valence-corrected chi connectivity index (χ2v) is 4.83. The fourth-order valence-electron chi connectivity index (χ4n) is 1.42. The number of thioether (sulfide) groups is 1. The fourth-order valence-corrected chi connectivity index (χ4v) is 1.89. The average Bonchev–Trinajstić information content (AvgIpc) is 2.86. The summed E-state index contributed by atoms with van der Waals surface area (Å²) in [7, 11) is 0. The van der Waals surface area contributed by atoms with Crippen LogP contribution in [0, 0.1) is 0 Å². The standard InChI is InChI=1S/C11H17N3O3S/c1-8(14-6-3-5-12-14)10(15)13-9(11(16)17)4-7-18-2/h3,5-6,8-9H,4,7H2,1-2H3,(H,13,15)(H,16,17)/t8?,9-/m0/s1. The molecule has 1 aromatic rings. The van der Waals surface area contributed by atoms with E-state index in [9.17, 15) is 9.59 Å². The number of aromatic nitrogens is 2. The molecule has 0 saturated carbocycles. The van der Waals surface area contributed by atoms with E-state index in [2.05, 4.69) is 10.4 Å². The van der Waals surface area contributed by atoms with Crippen molar-refractivity contribution in [2.45, 2.75) is 25.4 Å². The van der Waals surface area contributed by atoms with Gasteiger partial charge in [0.25, 0.3) is 0 Å². The van der Waals surface area contributed by atoms with Crippen LogP contribution in [-0.2, 0) is 9.59 Å². The number of carbonyl (C=O) groups is 2.